The molecule has 1 amide bonds. The zero-order chi connectivity index (χ0) is 20.9. The first kappa shape index (κ1) is 21.7. The van der Waals surface area contributed by atoms with Gasteiger partial charge in [0.25, 0.3) is 0 Å². The molecule has 152 valence electrons. The number of carbonyl (C=O) groups is 1. The minimum absolute atomic E-state index is 0.222. The van der Waals surface area contributed by atoms with Crippen molar-refractivity contribution in [3.05, 3.63) is 65.7 Å². The number of carbonyl (C=O) groups excluding carboxylic acids is 1. The highest BCUT2D eigenvalue weighted by Gasteiger charge is 2.32. The summed E-state index contributed by atoms with van der Waals surface area (Å²) in [5.41, 5.74) is -0.363. The third-order valence-corrected chi connectivity index (χ3v) is 5.23. The number of hydrogen-bond acceptors (Lipinski definition) is 3. The monoisotopic (exact) mass is 414 g/mol. The molecule has 0 saturated carbocycles. The van der Waals surface area contributed by atoms with Gasteiger partial charge >= 0.3 is 6.18 Å². The van der Waals surface area contributed by atoms with Crippen molar-refractivity contribution in [1.82, 2.24) is 5.32 Å². The van der Waals surface area contributed by atoms with E-state index in [-0.39, 0.29) is 11.7 Å². The average molecular weight is 414 g/mol. The maximum atomic E-state index is 12.9. The fourth-order valence-corrected chi connectivity index (χ4v) is 3.56. The van der Waals surface area contributed by atoms with Crippen LogP contribution in [0.5, 0.6) is 0 Å². The SMILES string of the molecule is CC[C@@H](NC(=O)CN(c1cccc(C(F)(F)F)c1)S(C)(=O)=O)c1ccccc1. The molecule has 1 atom stereocenters. The smallest absolute Gasteiger partial charge is 0.348 e. The zero-order valence-electron chi connectivity index (χ0n) is 15.4. The van der Waals surface area contributed by atoms with E-state index in [1.165, 1.54) is 6.07 Å². The topological polar surface area (TPSA) is 66.5 Å². The molecule has 0 bridgehead atoms. The molecule has 5 nitrogen and oxygen atoms in total. The Hall–Kier alpha value is -2.55. The number of alkyl halides is 3. The highest BCUT2D eigenvalue weighted by molar-refractivity contribution is 7.92. The van der Waals surface area contributed by atoms with Gasteiger partial charge in [-0.1, -0.05) is 43.3 Å². The van der Waals surface area contributed by atoms with Crippen molar-refractivity contribution in [2.24, 2.45) is 0 Å². The highest BCUT2D eigenvalue weighted by Crippen LogP contribution is 2.32. The number of hydrogen-bond donors (Lipinski definition) is 1. The van der Waals surface area contributed by atoms with Crippen molar-refractivity contribution in [3.63, 3.8) is 0 Å². The third-order valence-electron chi connectivity index (χ3n) is 4.09. The molecule has 9 heteroatoms. The summed E-state index contributed by atoms with van der Waals surface area (Å²) in [5.74, 6) is -0.612. The van der Waals surface area contributed by atoms with Gasteiger partial charge < -0.3 is 5.32 Å². The van der Waals surface area contributed by atoms with Crippen molar-refractivity contribution in [2.75, 3.05) is 17.1 Å². The number of benzene rings is 2. The van der Waals surface area contributed by atoms with E-state index in [1.54, 1.807) is 0 Å². The molecule has 28 heavy (non-hydrogen) atoms. The molecule has 2 aromatic carbocycles. The Morgan fingerprint density at radius 3 is 2.29 bits per heavy atom. The van der Waals surface area contributed by atoms with Crippen molar-refractivity contribution >= 4 is 21.6 Å². The van der Waals surface area contributed by atoms with Gasteiger partial charge in [0.2, 0.25) is 15.9 Å². The predicted octanol–water partition coefficient (Wildman–Crippen LogP) is 3.74. The molecule has 2 rings (SSSR count). The first-order chi connectivity index (χ1) is 13.0. The molecule has 0 heterocycles. The summed E-state index contributed by atoms with van der Waals surface area (Å²) >= 11 is 0. The standard InChI is InChI=1S/C19H21F3N2O3S/c1-3-17(14-8-5-4-6-9-14)23-18(25)13-24(28(2,26)27)16-11-7-10-15(12-16)19(20,21)22/h4-12,17H,3,13H2,1-2H3,(H,23,25)/t17-/m1/s1. The summed E-state index contributed by atoms with van der Waals surface area (Å²) in [7, 11) is -3.98. The third kappa shape index (κ3) is 5.72. The predicted molar refractivity (Wildman–Crippen MR) is 101 cm³/mol. The van der Waals surface area contributed by atoms with Crippen LogP contribution in [0.2, 0.25) is 0 Å². The Morgan fingerprint density at radius 1 is 1.11 bits per heavy atom. The quantitative estimate of drug-likeness (QED) is 0.751. The lowest BCUT2D eigenvalue weighted by Gasteiger charge is -2.24. The maximum Gasteiger partial charge on any atom is 0.416 e. The summed E-state index contributed by atoms with van der Waals surface area (Å²) in [6.07, 6.45) is -3.21. The average Bonchev–Trinajstić information content (AvgIpc) is 2.63. The summed E-state index contributed by atoms with van der Waals surface area (Å²) < 4.78 is 63.7. The second-order valence-corrected chi connectivity index (χ2v) is 8.16. The van der Waals surface area contributed by atoms with E-state index >= 15 is 0 Å². The van der Waals surface area contributed by atoms with E-state index < -0.39 is 34.2 Å². The zero-order valence-corrected chi connectivity index (χ0v) is 16.2. The molecule has 0 aliphatic carbocycles. The van der Waals surface area contributed by atoms with Crippen LogP contribution in [-0.2, 0) is 21.0 Å². The molecule has 0 fully saturated rings. The van der Waals surface area contributed by atoms with Gasteiger partial charge in [0.15, 0.2) is 0 Å². The van der Waals surface area contributed by atoms with Crippen LogP contribution in [0.1, 0.15) is 30.5 Å². The largest absolute Gasteiger partial charge is 0.416 e. The van der Waals surface area contributed by atoms with Crippen LogP contribution in [0.3, 0.4) is 0 Å². The summed E-state index contributed by atoms with van der Waals surface area (Å²) in [6.45, 7) is 1.24. The summed E-state index contributed by atoms with van der Waals surface area (Å²) in [5, 5.41) is 2.73. The number of sulfonamides is 1. The molecule has 0 aliphatic heterocycles. The molecule has 2 aromatic rings. The number of amides is 1. The first-order valence-corrected chi connectivity index (χ1v) is 10.4. The Kier molecular flexibility index (Phi) is 6.71. The van der Waals surface area contributed by atoms with Crippen LogP contribution in [0.25, 0.3) is 0 Å². The molecule has 0 radical (unpaired) electrons. The Labute approximate surface area is 162 Å². The molecule has 1 N–H and O–H groups in total. The molecule has 0 aromatic heterocycles. The number of nitrogens with one attached hydrogen (secondary N) is 1. The van der Waals surface area contributed by atoms with Crippen LogP contribution in [0, 0.1) is 0 Å². The van der Waals surface area contributed by atoms with Gasteiger partial charge in [-0.2, -0.15) is 13.2 Å². The second-order valence-electron chi connectivity index (χ2n) is 6.26. The van der Waals surface area contributed by atoms with Crippen LogP contribution in [-0.4, -0.2) is 27.1 Å². The van der Waals surface area contributed by atoms with Gasteiger partial charge in [-0.3, -0.25) is 9.10 Å². The van der Waals surface area contributed by atoms with E-state index in [0.29, 0.717) is 16.8 Å². The van der Waals surface area contributed by atoms with Crippen molar-refractivity contribution in [2.45, 2.75) is 25.6 Å². The van der Waals surface area contributed by atoms with Crippen LogP contribution in [0.4, 0.5) is 18.9 Å². The number of anilines is 1. The number of nitrogens with zero attached hydrogens (tertiary/aromatic N) is 1. The van der Waals surface area contributed by atoms with Gasteiger partial charge in [-0.15, -0.1) is 0 Å². The summed E-state index contributed by atoms with van der Waals surface area (Å²) in [6, 6.07) is 12.7. The van der Waals surface area contributed by atoms with E-state index in [2.05, 4.69) is 5.32 Å². The Bertz CT molecular complexity index is 916. The fraction of sp³-hybridized carbons (Fsp3) is 0.316. The van der Waals surface area contributed by atoms with E-state index in [9.17, 15) is 26.4 Å². The van der Waals surface area contributed by atoms with Gasteiger partial charge in [0.05, 0.1) is 23.5 Å². The van der Waals surface area contributed by atoms with Gasteiger partial charge in [0, 0.05) is 0 Å². The highest BCUT2D eigenvalue weighted by atomic mass is 32.2. The van der Waals surface area contributed by atoms with Gasteiger partial charge in [-0.25, -0.2) is 8.42 Å². The molecule has 0 unspecified atom stereocenters. The first-order valence-electron chi connectivity index (χ1n) is 8.51. The van der Waals surface area contributed by atoms with Gasteiger partial charge in [0.1, 0.15) is 6.54 Å². The maximum absolute atomic E-state index is 12.9. The number of halogens is 3. The van der Waals surface area contributed by atoms with Crippen molar-refractivity contribution < 1.29 is 26.4 Å². The molecule has 0 saturated heterocycles. The van der Waals surface area contributed by atoms with E-state index in [0.717, 1.165) is 24.0 Å². The molecular formula is C19H21F3N2O3S. The minimum Gasteiger partial charge on any atom is -0.348 e. The van der Waals surface area contributed by atoms with E-state index in [4.69, 9.17) is 0 Å². The van der Waals surface area contributed by atoms with Crippen molar-refractivity contribution in [1.29, 1.82) is 0 Å². The van der Waals surface area contributed by atoms with Crippen molar-refractivity contribution in [3.8, 4) is 0 Å². The second kappa shape index (κ2) is 8.64. The molecular weight excluding hydrogens is 393 g/mol. The molecule has 0 aliphatic rings. The normalized spacial score (nSPS) is 13.0. The van der Waals surface area contributed by atoms with Crippen LogP contribution in [0.15, 0.2) is 54.6 Å². The lowest BCUT2D eigenvalue weighted by molar-refractivity contribution is -0.137. The Morgan fingerprint density at radius 2 is 1.75 bits per heavy atom. The van der Waals surface area contributed by atoms with Crippen LogP contribution >= 0.6 is 0 Å². The molecule has 0 spiro atoms. The lowest BCUT2D eigenvalue weighted by atomic mass is 10.0. The Balaban J connectivity index is 2.25. The van der Waals surface area contributed by atoms with Crippen LogP contribution < -0.4 is 9.62 Å². The fourth-order valence-electron chi connectivity index (χ4n) is 2.71. The van der Waals surface area contributed by atoms with Gasteiger partial charge in [-0.05, 0) is 30.2 Å². The number of rotatable bonds is 7. The minimum atomic E-state index is -4.62. The summed E-state index contributed by atoms with van der Waals surface area (Å²) in [4.78, 5) is 12.5. The van der Waals surface area contributed by atoms with E-state index in [1.807, 2.05) is 37.3 Å². The lowest BCUT2D eigenvalue weighted by Crippen LogP contribution is -2.41.